The maximum Gasteiger partial charge on any atom is 0.132 e. The Morgan fingerprint density at radius 2 is 2.15 bits per heavy atom. The first kappa shape index (κ1) is 10.8. The average Bonchev–Trinajstić information content (AvgIpc) is 2.08. The third-order valence-electron chi connectivity index (χ3n) is 1.63. The standard InChI is InChI=1S/C10H13IO2/c1-8(12)6-7-13-10-5-3-2-4-9(10)11/h2-5,8,12H,6-7H2,1H3. The quantitative estimate of drug-likeness (QED) is 0.864. The number of halogens is 1. The molecule has 0 saturated heterocycles. The molecule has 0 spiro atoms. The van der Waals surface area contributed by atoms with Crippen LogP contribution < -0.4 is 4.74 Å². The highest BCUT2D eigenvalue weighted by atomic mass is 127. The lowest BCUT2D eigenvalue weighted by Crippen LogP contribution is -2.07. The van der Waals surface area contributed by atoms with E-state index in [1.807, 2.05) is 24.3 Å². The SMILES string of the molecule is CC(O)CCOc1ccccc1I. The molecule has 1 unspecified atom stereocenters. The van der Waals surface area contributed by atoms with Crippen LogP contribution in [0.25, 0.3) is 0 Å². The summed E-state index contributed by atoms with van der Waals surface area (Å²) in [5, 5.41) is 9.02. The van der Waals surface area contributed by atoms with Gasteiger partial charge in [0, 0.05) is 6.42 Å². The van der Waals surface area contributed by atoms with E-state index < -0.39 is 0 Å². The van der Waals surface area contributed by atoms with Gasteiger partial charge < -0.3 is 9.84 Å². The molecule has 0 aliphatic carbocycles. The molecule has 0 radical (unpaired) electrons. The molecule has 0 bridgehead atoms. The molecule has 72 valence electrons. The molecule has 2 nitrogen and oxygen atoms in total. The molecule has 0 aliphatic heterocycles. The van der Waals surface area contributed by atoms with Crippen LogP contribution in [0, 0.1) is 3.57 Å². The molecule has 0 saturated carbocycles. The number of hydrogen-bond acceptors (Lipinski definition) is 2. The van der Waals surface area contributed by atoms with Crippen LogP contribution in [-0.4, -0.2) is 17.8 Å². The summed E-state index contributed by atoms with van der Waals surface area (Å²) in [4.78, 5) is 0. The minimum absolute atomic E-state index is 0.290. The Morgan fingerprint density at radius 3 is 2.77 bits per heavy atom. The highest BCUT2D eigenvalue weighted by molar-refractivity contribution is 14.1. The molecule has 0 fully saturated rings. The zero-order chi connectivity index (χ0) is 9.68. The Morgan fingerprint density at radius 1 is 1.46 bits per heavy atom. The molecule has 0 heterocycles. The Hall–Kier alpha value is -0.290. The van der Waals surface area contributed by atoms with Crippen LogP contribution in [0.2, 0.25) is 0 Å². The van der Waals surface area contributed by atoms with Gasteiger partial charge in [0.15, 0.2) is 0 Å². The molecule has 1 N–H and O–H groups in total. The van der Waals surface area contributed by atoms with Crippen LogP contribution in [0.3, 0.4) is 0 Å². The van der Waals surface area contributed by atoms with Crippen molar-refractivity contribution in [1.29, 1.82) is 0 Å². The number of benzene rings is 1. The van der Waals surface area contributed by atoms with E-state index in [0.717, 1.165) is 9.32 Å². The summed E-state index contributed by atoms with van der Waals surface area (Å²) >= 11 is 2.23. The smallest absolute Gasteiger partial charge is 0.132 e. The van der Waals surface area contributed by atoms with Gasteiger partial charge >= 0.3 is 0 Å². The van der Waals surface area contributed by atoms with E-state index in [2.05, 4.69) is 22.6 Å². The van der Waals surface area contributed by atoms with Crippen molar-refractivity contribution in [3.05, 3.63) is 27.8 Å². The largest absolute Gasteiger partial charge is 0.492 e. The summed E-state index contributed by atoms with van der Waals surface area (Å²) in [6, 6.07) is 7.85. The fraction of sp³-hybridized carbons (Fsp3) is 0.400. The van der Waals surface area contributed by atoms with Gasteiger partial charge in [0.25, 0.3) is 0 Å². The zero-order valence-corrected chi connectivity index (χ0v) is 9.69. The molecule has 13 heavy (non-hydrogen) atoms. The molecule has 0 aliphatic rings. The van der Waals surface area contributed by atoms with Crippen molar-refractivity contribution in [2.24, 2.45) is 0 Å². The first-order valence-electron chi connectivity index (χ1n) is 4.25. The Kier molecular flexibility index (Phi) is 4.52. The monoisotopic (exact) mass is 292 g/mol. The zero-order valence-electron chi connectivity index (χ0n) is 7.53. The fourth-order valence-electron chi connectivity index (χ4n) is 0.901. The number of ether oxygens (including phenoxy) is 1. The molecule has 0 aromatic heterocycles. The molecule has 0 amide bonds. The minimum Gasteiger partial charge on any atom is -0.492 e. The first-order chi connectivity index (χ1) is 6.20. The summed E-state index contributed by atoms with van der Waals surface area (Å²) in [6.07, 6.45) is 0.381. The predicted molar refractivity (Wildman–Crippen MR) is 61.0 cm³/mol. The highest BCUT2D eigenvalue weighted by Gasteiger charge is 2.00. The van der Waals surface area contributed by atoms with Crippen LogP contribution >= 0.6 is 22.6 Å². The van der Waals surface area contributed by atoms with Gasteiger partial charge in [0.1, 0.15) is 5.75 Å². The number of hydrogen-bond donors (Lipinski definition) is 1. The van der Waals surface area contributed by atoms with Crippen LogP contribution in [0.4, 0.5) is 0 Å². The van der Waals surface area contributed by atoms with Crippen molar-refractivity contribution in [3.8, 4) is 5.75 Å². The van der Waals surface area contributed by atoms with Crippen molar-refractivity contribution in [2.75, 3.05) is 6.61 Å². The van der Waals surface area contributed by atoms with Crippen LogP contribution in [0.15, 0.2) is 24.3 Å². The van der Waals surface area contributed by atoms with E-state index >= 15 is 0 Å². The van der Waals surface area contributed by atoms with Gasteiger partial charge in [0.2, 0.25) is 0 Å². The molecule has 1 atom stereocenters. The maximum absolute atomic E-state index is 9.02. The fourth-order valence-corrected chi connectivity index (χ4v) is 1.44. The van der Waals surface area contributed by atoms with Crippen molar-refractivity contribution >= 4 is 22.6 Å². The summed E-state index contributed by atoms with van der Waals surface area (Å²) in [7, 11) is 0. The van der Waals surface area contributed by atoms with Gasteiger partial charge in [-0.05, 0) is 41.6 Å². The lowest BCUT2D eigenvalue weighted by Gasteiger charge is -2.08. The molecular formula is C10H13IO2. The number of aliphatic hydroxyl groups is 1. The normalized spacial score (nSPS) is 12.5. The first-order valence-corrected chi connectivity index (χ1v) is 5.33. The second-order valence-electron chi connectivity index (χ2n) is 2.92. The Balaban J connectivity index is 2.41. The second kappa shape index (κ2) is 5.44. The summed E-state index contributed by atoms with van der Waals surface area (Å²) < 4.78 is 6.58. The van der Waals surface area contributed by atoms with Crippen molar-refractivity contribution in [2.45, 2.75) is 19.4 Å². The minimum atomic E-state index is -0.290. The van der Waals surface area contributed by atoms with E-state index in [-0.39, 0.29) is 6.10 Å². The molecule has 1 aromatic carbocycles. The molecular weight excluding hydrogens is 279 g/mol. The second-order valence-corrected chi connectivity index (χ2v) is 4.08. The van der Waals surface area contributed by atoms with Crippen molar-refractivity contribution in [1.82, 2.24) is 0 Å². The third-order valence-corrected chi connectivity index (χ3v) is 2.52. The summed E-state index contributed by atoms with van der Waals surface area (Å²) in [6.45, 7) is 2.33. The van der Waals surface area contributed by atoms with Crippen molar-refractivity contribution in [3.63, 3.8) is 0 Å². The number of para-hydroxylation sites is 1. The van der Waals surface area contributed by atoms with E-state index in [9.17, 15) is 0 Å². The number of aliphatic hydroxyl groups excluding tert-OH is 1. The predicted octanol–water partition coefficient (Wildman–Crippen LogP) is 2.44. The highest BCUT2D eigenvalue weighted by Crippen LogP contribution is 2.19. The average molecular weight is 292 g/mol. The van der Waals surface area contributed by atoms with Gasteiger partial charge in [0.05, 0.1) is 16.3 Å². The van der Waals surface area contributed by atoms with Gasteiger partial charge in [-0.2, -0.15) is 0 Å². The van der Waals surface area contributed by atoms with Crippen LogP contribution in [0.1, 0.15) is 13.3 Å². The summed E-state index contributed by atoms with van der Waals surface area (Å²) in [5.74, 6) is 0.892. The van der Waals surface area contributed by atoms with E-state index in [4.69, 9.17) is 9.84 Å². The Bertz CT molecular complexity index is 261. The van der Waals surface area contributed by atoms with E-state index in [0.29, 0.717) is 13.0 Å². The Labute approximate surface area is 92.1 Å². The lowest BCUT2D eigenvalue weighted by atomic mass is 10.3. The van der Waals surface area contributed by atoms with Gasteiger partial charge in [-0.15, -0.1) is 0 Å². The van der Waals surface area contributed by atoms with Gasteiger partial charge in [-0.25, -0.2) is 0 Å². The van der Waals surface area contributed by atoms with Crippen LogP contribution in [0.5, 0.6) is 5.75 Å². The van der Waals surface area contributed by atoms with E-state index in [1.165, 1.54) is 0 Å². The topological polar surface area (TPSA) is 29.5 Å². The lowest BCUT2D eigenvalue weighted by molar-refractivity contribution is 0.155. The van der Waals surface area contributed by atoms with Crippen molar-refractivity contribution < 1.29 is 9.84 Å². The van der Waals surface area contributed by atoms with Gasteiger partial charge in [-0.1, -0.05) is 12.1 Å². The molecule has 1 rings (SSSR count). The molecule has 3 heteroatoms. The number of rotatable bonds is 4. The third kappa shape index (κ3) is 3.95. The maximum atomic E-state index is 9.02. The van der Waals surface area contributed by atoms with Crippen LogP contribution in [-0.2, 0) is 0 Å². The van der Waals surface area contributed by atoms with Gasteiger partial charge in [-0.3, -0.25) is 0 Å². The van der Waals surface area contributed by atoms with E-state index in [1.54, 1.807) is 6.92 Å². The summed E-state index contributed by atoms with van der Waals surface area (Å²) in [5.41, 5.74) is 0. The molecule has 1 aromatic rings.